The van der Waals surface area contributed by atoms with E-state index in [2.05, 4.69) is 4.40 Å². The molecule has 1 amide bonds. The fourth-order valence-electron chi connectivity index (χ4n) is 2.72. The van der Waals surface area contributed by atoms with Gasteiger partial charge in [0.25, 0.3) is 15.9 Å². The van der Waals surface area contributed by atoms with Crippen LogP contribution in [0.25, 0.3) is 0 Å². The summed E-state index contributed by atoms with van der Waals surface area (Å²) in [4.78, 5) is 16.0. The molecule has 0 aliphatic carbocycles. The molecule has 9 heteroatoms. The van der Waals surface area contributed by atoms with Gasteiger partial charge >= 0.3 is 0 Å². The Balaban J connectivity index is 0.00000176. The number of nitrogens with zero attached hydrogens (tertiary/aromatic N) is 3. The first-order valence-corrected chi connectivity index (χ1v) is 8.58. The number of carbonyl (C=O) groups excluding carboxylic acids is 1. The summed E-state index contributed by atoms with van der Waals surface area (Å²) in [7, 11) is -3.36. The van der Waals surface area contributed by atoms with E-state index in [0.29, 0.717) is 37.0 Å². The molecule has 0 spiro atoms. The third kappa shape index (κ3) is 3.34. The lowest BCUT2D eigenvalue weighted by Gasteiger charge is -2.28. The van der Waals surface area contributed by atoms with Crippen molar-refractivity contribution in [2.24, 2.45) is 16.0 Å². The fraction of sp³-hybridized carbons (Fsp3) is 0.538. The lowest BCUT2D eigenvalue weighted by Crippen LogP contribution is -2.38. The summed E-state index contributed by atoms with van der Waals surface area (Å²) in [5, 5.41) is 0. The standard InChI is InChI=1S/C13H18N4O3S.ClH/c14-7-10-3-4-17(8-10)13(18)11-1-2-12-15-21(19,20)6-5-16(12)9-11;/h1-2,9-10H,3-8,14H2;1H. The Labute approximate surface area is 136 Å². The molecule has 1 fully saturated rings. The zero-order valence-electron chi connectivity index (χ0n) is 12.0. The number of hydrogen-bond donors (Lipinski definition) is 1. The number of fused-ring (bicyclic) bond motifs is 1. The van der Waals surface area contributed by atoms with Crippen LogP contribution in [0.4, 0.5) is 0 Å². The van der Waals surface area contributed by atoms with Crippen molar-refractivity contribution >= 4 is 34.2 Å². The average molecular weight is 347 g/mol. The second kappa shape index (κ2) is 6.39. The number of sulfonamides is 1. The molecule has 0 aromatic carbocycles. The van der Waals surface area contributed by atoms with E-state index in [9.17, 15) is 13.2 Å². The summed E-state index contributed by atoms with van der Waals surface area (Å²) in [6.07, 6.45) is 5.84. The van der Waals surface area contributed by atoms with Crippen molar-refractivity contribution in [3.8, 4) is 0 Å². The Kier molecular flexibility index (Phi) is 4.93. The number of carbonyl (C=O) groups is 1. The smallest absolute Gasteiger partial charge is 0.256 e. The predicted molar refractivity (Wildman–Crippen MR) is 86.1 cm³/mol. The van der Waals surface area contributed by atoms with Gasteiger partial charge in [0.05, 0.1) is 11.3 Å². The van der Waals surface area contributed by atoms with Crippen molar-refractivity contribution in [2.75, 3.05) is 31.9 Å². The topological polar surface area (TPSA) is 96.1 Å². The zero-order valence-corrected chi connectivity index (χ0v) is 13.6. The molecule has 1 unspecified atom stereocenters. The van der Waals surface area contributed by atoms with Crippen molar-refractivity contribution < 1.29 is 13.2 Å². The van der Waals surface area contributed by atoms with E-state index in [4.69, 9.17) is 5.73 Å². The van der Waals surface area contributed by atoms with Crippen LogP contribution in [0.3, 0.4) is 0 Å². The maximum absolute atomic E-state index is 12.4. The van der Waals surface area contributed by atoms with Gasteiger partial charge in [0, 0.05) is 25.8 Å². The fourth-order valence-corrected chi connectivity index (χ4v) is 3.69. The van der Waals surface area contributed by atoms with E-state index in [1.54, 1.807) is 28.2 Å². The Morgan fingerprint density at radius 1 is 1.36 bits per heavy atom. The van der Waals surface area contributed by atoms with Gasteiger partial charge in [0.2, 0.25) is 0 Å². The number of halogens is 1. The summed E-state index contributed by atoms with van der Waals surface area (Å²) < 4.78 is 26.6. The lowest BCUT2D eigenvalue weighted by atomic mass is 10.1. The van der Waals surface area contributed by atoms with Crippen LogP contribution in [-0.4, -0.2) is 61.9 Å². The Morgan fingerprint density at radius 2 is 2.14 bits per heavy atom. The van der Waals surface area contributed by atoms with Gasteiger partial charge in [-0.25, -0.2) is 8.42 Å². The maximum Gasteiger partial charge on any atom is 0.256 e. The largest absolute Gasteiger partial charge is 0.338 e. The third-order valence-corrected chi connectivity index (χ3v) is 5.14. The summed E-state index contributed by atoms with van der Waals surface area (Å²) in [6.45, 7) is 2.34. The van der Waals surface area contributed by atoms with Crippen LogP contribution >= 0.6 is 12.4 Å². The van der Waals surface area contributed by atoms with E-state index in [1.807, 2.05) is 0 Å². The molecule has 3 aliphatic rings. The highest BCUT2D eigenvalue weighted by molar-refractivity contribution is 7.90. The molecule has 3 aliphatic heterocycles. The number of amidine groups is 1. The monoisotopic (exact) mass is 346 g/mol. The van der Waals surface area contributed by atoms with Gasteiger partial charge in [0.1, 0.15) is 5.84 Å². The molecule has 0 radical (unpaired) electrons. The minimum Gasteiger partial charge on any atom is -0.338 e. The Bertz CT molecular complexity index is 656. The van der Waals surface area contributed by atoms with Gasteiger partial charge < -0.3 is 15.5 Å². The van der Waals surface area contributed by atoms with Crippen LogP contribution < -0.4 is 5.73 Å². The van der Waals surface area contributed by atoms with Gasteiger partial charge in [-0.3, -0.25) is 4.79 Å². The molecule has 7 nitrogen and oxygen atoms in total. The molecule has 1 saturated heterocycles. The van der Waals surface area contributed by atoms with Crippen LogP contribution in [0.1, 0.15) is 6.42 Å². The van der Waals surface area contributed by atoms with Crippen LogP contribution in [0, 0.1) is 5.92 Å². The van der Waals surface area contributed by atoms with Crippen LogP contribution in [-0.2, 0) is 14.8 Å². The first-order valence-electron chi connectivity index (χ1n) is 6.97. The van der Waals surface area contributed by atoms with Gasteiger partial charge in [-0.05, 0) is 31.0 Å². The summed E-state index contributed by atoms with van der Waals surface area (Å²) >= 11 is 0. The lowest BCUT2D eigenvalue weighted by molar-refractivity contribution is -0.125. The van der Waals surface area contributed by atoms with Crippen molar-refractivity contribution in [1.82, 2.24) is 9.80 Å². The summed E-state index contributed by atoms with van der Waals surface area (Å²) in [5.41, 5.74) is 6.20. The number of amides is 1. The second-order valence-corrected chi connectivity index (χ2v) is 7.24. The molecule has 3 heterocycles. The molecule has 22 heavy (non-hydrogen) atoms. The number of likely N-dealkylation sites (tertiary alicyclic amines) is 1. The van der Waals surface area contributed by atoms with Crippen molar-refractivity contribution in [3.05, 3.63) is 23.9 Å². The third-order valence-electron chi connectivity index (χ3n) is 3.98. The quantitative estimate of drug-likeness (QED) is 0.741. The molecule has 0 aromatic rings. The van der Waals surface area contributed by atoms with Crippen LogP contribution in [0.5, 0.6) is 0 Å². The molecule has 1 atom stereocenters. The van der Waals surface area contributed by atoms with Gasteiger partial charge in [0.15, 0.2) is 0 Å². The van der Waals surface area contributed by atoms with E-state index in [1.165, 1.54) is 0 Å². The maximum atomic E-state index is 12.4. The van der Waals surface area contributed by atoms with Crippen molar-refractivity contribution in [1.29, 1.82) is 0 Å². The number of nitrogens with two attached hydrogens (primary N) is 1. The highest BCUT2D eigenvalue weighted by atomic mass is 35.5. The van der Waals surface area contributed by atoms with Crippen LogP contribution in [0.15, 0.2) is 28.3 Å². The van der Waals surface area contributed by atoms with Crippen molar-refractivity contribution in [2.45, 2.75) is 6.42 Å². The molecule has 2 N–H and O–H groups in total. The Morgan fingerprint density at radius 3 is 2.82 bits per heavy atom. The first-order chi connectivity index (χ1) is 9.98. The molecule has 3 rings (SSSR count). The van der Waals surface area contributed by atoms with E-state index in [-0.39, 0.29) is 24.1 Å². The van der Waals surface area contributed by atoms with Gasteiger partial charge in [-0.2, -0.15) is 0 Å². The number of hydrogen-bond acceptors (Lipinski definition) is 5. The Hall–Kier alpha value is -1.38. The second-order valence-electron chi connectivity index (χ2n) is 5.49. The molecule has 0 bridgehead atoms. The SMILES string of the molecule is Cl.NCC1CCN(C(=O)C2=CN3CCS(=O)(=O)N=C3C=C2)C1. The average Bonchev–Trinajstić information content (AvgIpc) is 2.94. The zero-order chi connectivity index (χ0) is 15.0. The van der Waals surface area contributed by atoms with Gasteiger partial charge in [-0.15, -0.1) is 16.8 Å². The van der Waals surface area contributed by atoms with E-state index in [0.717, 1.165) is 13.0 Å². The normalized spacial score (nSPS) is 26.0. The minimum absolute atomic E-state index is 0. The highest BCUT2D eigenvalue weighted by Crippen LogP contribution is 2.21. The minimum atomic E-state index is -3.36. The highest BCUT2D eigenvalue weighted by Gasteiger charge is 2.29. The predicted octanol–water partition coefficient (Wildman–Crippen LogP) is -0.287. The van der Waals surface area contributed by atoms with E-state index >= 15 is 0 Å². The molecular weight excluding hydrogens is 328 g/mol. The van der Waals surface area contributed by atoms with Crippen molar-refractivity contribution in [3.63, 3.8) is 0 Å². The molecule has 0 aromatic heterocycles. The number of rotatable bonds is 2. The van der Waals surface area contributed by atoms with E-state index < -0.39 is 10.0 Å². The molecule has 122 valence electrons. The first kappa shape index (κ1) is 17.0. The summed E-state index contributed by atoms with van der Waals surface area (Å²) in [5.74, 6) is 0.689. The van der Waals surface area contributed by atoms with Gasteiger partial charge in [-0.1, -0.05) is 0 Å². The molecule has 0 saturated carbocycles. The summed E-state index contributed by atoms with van der Waals surface area (Å²) in [6, 6.07) is 0. The molecular formula is C13H19ClN4O3S. The van der Waals surface area contributed by atoms with Crippen LogP contribution in [0.2, 0.25) is 0 Å².